The smallest absolute Gasteiger partial charge is 0.253 e. The van der Waals surface area contributed by atoms with Gasteiger partial charge in [0.2, 0.25) is 11.8 Å². The summed E-state index contributed by atoms with van der Waals surface area (Å²) in [5, 5.41) is 0.889. The molecule has 3 heterocycles. The molecule has 0 aliphatic carbocycles. The van der Waals surface area contributed by atoms with Crippen LogP contribution in [0.25, 0.3) is 33.3 Å². The fourth-order valence-electron chi connectivity index (χ4n) is 4.34. The maximum absolute atomic E-state index is 13.2. The van der Waals surface area contributed by atoms with Gasteiger partial charge in [0.05, 0.1) is 18.3 Å². The van der Waals surface area contributed by atoms with Gasteiger partial charge >= 0.3 is 0 Å². The van der Waals surface area contributed by atoms with E-state index >= 15 is 0 Å². The van der Waals surface area contributed by atoms with Gasteiger partial charge in [-0.1, -0.05) is 25.6 Å². The van der Waals surface area contributed by atoms with E-state index in [-0.39, 0.29) is 19.2 Å². The maximum Gasteiger partial charge on any atom is 0.253 e. The summed E-state index contributed by atoms with van der Waals surface area (Å²) in [6.07, 6.45) is 3.32. The molecule has 184 valence electrons. The Morgan fingerprint density at radius 1 is 0.833 bits per heavy atom. The molecule has 0 bridgehead atoms. The SMILES string of the molecule is C.COc1ccc(-c2ccc3ncnc(-c4cccc(C(=O)N5CCN(C(C)=O)CC5)c4)c3c2)cn1. The largest absolute Gasteiger partial charge is 0.481 e. The lowest BCUT2D eigenvalue weighted by atomic mass is 10.00. The predicted octanol–water partition coefficient (Wildman–Crippen LogP) is 4.31. The van der Waals surface area contributed by atoms with Gasteiger partial charge in [-0.3, -0.25) is 9.59 Å². The molecule has 1 aliphatic heterocycles. The number of amides is 2. The van der Waals surface area contributed by atoms with E-state index in [0.29, 0.717) is 37.6 Å². The van der Waals surface area contributed by atoms with Crippen molar-refractivity contribution >= 4 is 22.7 Å². The third-order valence-electron chi connectivity index (χ3n) is 6.31. The Morgan fingerprint density at radius 2 is 1.58 bits per heavy atom. The standard InChI is InChI=1S/C27H25N5O3.CH4/c1-18(33)31-10-12-32(13-11-31)27(34)21-5-3-4-20(14-21)26-23-15-19(6-8-24(23)29-17-30-26)22-7-9-25(35-2)28-16-22;/h3-9,14-17H,10-13H2,1-2H3;1H4. The first-order valence-corrected chi connectivity index (χ1v) is 11.4. The summed E-state index contributed by atoms with van der Waals surface area (Å²) >= 11 is 0. The lowest BCUT2D eigenvalue weighted by molar-refractivity contribution is -0.130. The minimum atomic E-state index is -0.0431. The third-order valence-corrected chi connectivity index (χ3v) is 6.31. The summed E-state index contributed by atoms with van der Waals surface area (Å²) in [5.74, 6) is 0.556. The molecule has 8 nitrogen and oxygen atoms in total. The maximum atomic E-state index is 13.2. The highest BCUT2D eigenvalue weighted by atomic mass is 16.5. The molecule has 0 atom stereocenters. The Morgan fingerprint density at radius 3 is 2.28 bits per heavy atom. The van der Waals surface area contributed by atoms with E-state index < -0.39 is 0 Å². The average molecular weight is 484 g/mol. The Kier molecular flexibility index (Phi) is 7.24. The molecule has 1 saturated heterocycles. The van der Waals surface area contributed by atoms with E-state index in [4.69, 9.17) is 4.74 Å². The van der Waals surface area contributed by atoms with Gasteiger partial charge in [0, 0.05) is 67.4 Å². The van der Waals surface area contributed by atoms with E-state index in [1.165, 1.54) is 0 Å². The zero-order valence-electron chi connectivity index (χ0n) is 19.6. The molecule has 5 rings (SSSR count). The number of carbonyl (C=O) groups excluding carboxylic acids is 2. The first-order valence-electron chi connectivity index (χ1n) is 11.4. The Hall–Kier alpha value is -4.33. The van der Waals surface area contributed by atoms with Gasteiger partial charge in [-0.25, -0.2) is 15.0 Å². The first-order chi connectivity index (χ1) is 17.0. The van der Waals surface area contributed by atoms with E-state index in [1.807, 2.05) is 54.6 Å². The molecule has 0 radical (unpaired) electrons. The average Bonchev–Trinajstić information content (AvgIpc) is 2.92. The molecule has 2 amide bonds. The van der Waals surface area contributed by atoms with Gasteiger partial charge in [0.25, 0.3) is 5.91 Å². The highest BCUT2D eigenvalue weighted by molar-refractivity contribution is 5.98. The van der Waals surface area contributed by atoms with Crippen molar-refractivity contribution in [2.75, 3.05) is 33.3 Å². The van der Waals surface area contributed by atoms with Crippen molar-refractivity contribution in [2.24, 2.45) is 0 Å². The second-order valence-electron chi connectivity index (χ2n) is 8.42. The van der Waals surface area contributed by atoms with Crippen LogP contribution in [0.4, 0.5) is 0 Å². The molecular formula is C28H29N5O3. The highest BCUT2D eigenvalue weighted by Gasteiger charge is 2.23. The van der Waals surface area contributed by atoms with Crippen molar-refractivity contribution in [3.8, 4) is 28.3 Å². The summed E-state index contributed by atoms with van der Waals surface area (Å²) in [4.78, 5) is 41.7. The summed E-state index contributed by atoms with van der Waals surface area (Å²) in [7, 11) is 1.59. The van der Waals surface area contributed by atoms with Gasteiger partial charge in [-0.15, -0.1) is 0 Å². The number of carbonyl (C=O) groups is 2. The van der Waals surface area contributed by atoms with Gasteiger partial charge < -0.3 is 14.5 Å². The number of piperazine rings is 1. The number of pyridine rings is 1. The normalized spacial score (nSPS) is 13.3. The van der Waals surface area contributed by atoms with Crippen LogP contribution < -0.4 is 4.74 Å². The molecule has 4 aromatic rings. The zero-order valence-corrected chi connectivity index (χ0v) is 19.6. The number of rotatable bonds is 4. The minimum absolute atomic E-state index is 0. The van der Waals surface area contributed by atoms with Gasteiger partial charge in [-0.2, -0.15) is 0 Å². The zero-order chi connectivity index (χ0) is 24.4. The molecule has 0 spiro atoms. The Balaban J connectivity index is 0.00000304. The van der Waals surface area contributed by atoms with Gasteiger partial charge in [0.15, 0.2) is 0 Å². The van der Waals surface area contributed by atoms with Crippen molar-refractivity contribution in [3.05, 3.63) is 72.7 Å². The minimum Gasteiger partial charge on any atom is -0.481 e. The van der Waals surface area contributed by atoms with Gasteiger partial charge in [0.1, 0.15) is 6.33 Å². The van der Waals surface area contributed by atoms with Crippen LogP contribution in [0.2, 0.25) is 0 Å². The molecule has 8 heteroatoms. The Bertz CT molecular complexity index is 1400. The van der Waals surface area contributed by atoms with Crippen molar-refractivity contribution in [1.29, 1.82) is 0 Å². The number of benzene rings is 2. The summed E-state index contributed by atoms with van der Waals surface area (Å²) in [5.41, 5.74) is 4.96. The fraction of sp³-hybridized carbons (Fsp3) is 0.250. The first kappa shape index (κ1) is 24.8. The topological polar surface area (TPSA) is 88.5 Å². The number of aromatic nitrogens is 3. The van der Waals surface area contributed by atoms with E-state index in [2.05, 4.69) is 15.0 Å². The number of methoxy groups -OCH3 is 1. The number of hydrogen-bond donors (Lipinski definition) is 0. The third kappa shape index (κ3) is 4.88. The van der Waals surface area contributed by atoms with Crippen molar-refractivity contribution in [2.45, 2.75) is 14.4 Å². The number of ether oxygens (including phenoxy) is 1. The van der Waals surface area contributed by atoms with Crippen molar-refractivity contribution < 1.29 is 14.3 Å². The Labute approximate surface area is 210 Å². The molecule has 2 aromatic heterocycles. The molecule has 0 saturated carbocycles. The van der Waals surface area contributed by atoms with Crippen LogP contribution in [0.3, 0.4) is 0 Å². The molecule has 2 aromatic carbocycles. The van der Waals surface area contributed by atoms with Crippen LogP contribution in [0.1, 0.15) is 24.7 Å². The summed E-state index contributed by atoms with van der Waals surface area (Å²) in [6, 6.07) is 17.3. The lowest BCUT2D eigenvalue weighted by Crippen LogP contribution is -2.50. The predicted molar refractivity (Wildman–Crippen MR) is 140 cm³/mol. The molecule has 36 heavy (non-hydrogen) atoms. The van der Waals surface area contributed by atoms with Crippen LogP contribution in [0.15, 0.2) is 67.1 Å². The number of nitrogens with zero attached hydrogens (tertiary/aromatic N) is 5. The summed E-state index contributed by atoms with van der Waals surface area (Å²) < 4.78 is 5.16. The van der Waals surface area contributed by atoms with E-state index in [1.54, 1.807) is 36.4 Å². The van der Waals surface area contributed by atoms with Crippen LogP contribution >= 0.6 is 0 Å². The molecule has 0 N–H and O–H groups in total. The van der Waals surface area contributed by atoms with E-state index in [0.717, 1.165) is 33.3 Å². The van der Waals surface area contributed by atoms with Crippen LogP contribution in [0, 0.1) is 0 Å². The van der Waals surface area contributed by atoms with Gasteiger partial charge in [-0.05, 0) is 35.9 Å². The second kappa shape index (κ2) is 10.5. The summed E-state index contributed by atoms with van der Waals surface area (Å²) in [6.45, 7) is 3.72. The molecule has 1 aliphatic rings. The molecule has 1 fully saturated rings. The molecule has 0 unspecified atom stereocenters. The quantitative estimate of drug-likeness (QED) is 0.430. The highest BCUT2D eigenvalue weighted by Crippen LogP contribution is 2.30. The van der Waals surface area contributed by atoms with Crippen LogP contribution in [0.5, 0.6) is 5.88 Å². The number of hydrogen-bond acceptors (Lipinski definition) is 6. The van der Waals surface area contributed by atoms with E-state index in [9.17, 15) is 9.59 Å². The van der Waals surface area contributed by atoms with Crippen LogP contribution in [-0.2, 0) is 4.79 Å². The second-order valence-corrected chi connectivity index (χ2v) is 8.42. The lowest BCUT2D eigenvalue weighted by Gasteiger charge is -2.34. The monoisotopic (exact) mass is 483 g/mol. The number of fused-ring (bicyclic) bond motifs is 1. The fourth-order valence-corrected chi connectivity index (χ4v) is 4.34. The van der Waals surface area contributed by atoms with Crippen molar-refractivity contribution in [3.63, 3.8) is 0 Å². The molecular weight excluding hydrogens is 454 g/mol. The van der Waals surface area contributed by atoms with Crippen molar-refractivity contribution in [1.82, 2.24) is 24.8 Å². The van der Waals surface area contributed by atoms with Crippen LogP contribution in [-0.4, -0.2) is 69.9 Å².